The second kappa shape index (κ2) is 6.62. The molecule has 1 aliphatic heterocycles. The van der Waals surface area contributed by atoms with E-state index >= 15 is 0 Å². The minimum Gasteiger partial charge on any atom is -0.495 e. The molecular weight excluding hydrogens is 304 g/mol. The molecule has 1 aromatic rings. The molecule has 1 aliphatic rings. The number of hydrogen-bond acceptors (Lipinski definition) is 3. The fraction of sp³-hybridized carbons (Fsp3) is 0.600. The highest BCUT2D eigenvalue weighted by atomic mass is 79.9. The molecule has 3 nitrogen and oxygen atoms in total. The van der Waals surface area contributed by atoms with Gasteiger partial charge in [0.25, 0.3) is 0 Å². The van der Waals surface area contributed by atoms with Gasteiger partial charge in [-0.15, -0.1) is 0 Å². The molecule has 1 aromatic carbocycles. The van der Waals surface area contributed by atoms with Crippen LogP contribution >= 0.6 is 15.9 Å². The fourth-order valence-electron chi connectivity index (χ4n) is 2.52. The Kier molecular flexibility index (Phi) is 5.11. The largest absolute Gasteiger partial charge is 0.495 e. The number of halogens is 1. The molecule has 1 saturated heterocycles. The number of piperazine rings is 1. The first-order valence-corrected chi connectivity index (χ1v) is 7.76. The molecule has 4 heteroatoms. The Morgan fingerprint density at radius 3 is 3.00 bits per heavy atom. The number of benzene rings is 1. The maximum absolute atomic E-state index is 5.38. The molecular formula is C15H23BrN2O. The Balaban J connectivity index is 2.12. The Bertz CT molecular complexity index is 425. The molecule has 0 aromatic heterocycles. The molecule has 2 unspecified atom stereocenters. The van der Waals surface area contributed by atoms with Crippen molar-refractivity contribution in [2.45, 2.75) is 26.3 Å². The third-order valence-corrected chi connectivity index (χ3v) is 4.69. The number of methoxy groups -OCH3 is 1. The van der Waals surface area contributed by atoms with E-state index in [0.717, 1.165) is 29.9 Å². The zero-order valence-corrected chi connectivity index (χ0v) is 13.5. The van der Waals surface area contributed by atoms with Crippen LogP contribution in [-0.4, -0.2) is 32.8 Å². The first-order chi connectivity index (χ1) is 9.15. The molecule has 1 N–H and O–H groups in total. The van der Waals surface area contributed by atoms with Gasteiger partial charge in [-0.3, -0.25) is 0 Å². The van der Waals surface area contributed by atoms with Gasteiger partial charge in [-0.2, -0.15) is 0 Å². The van der Waals surface area contributed by atoms with Crippen molar-refractivity contribution in [2.24, 2.45) is 5.92 Å². The minimum atomic E-state index is 0.577. The lowest BCUT2D eigenvalue weighted by Crippen LogP contribution is -2.53. The molecule has 0 saturated carbocycles. The molecule has 106 valence electrons. The van der Waals surface area contributed by atoms with Gasteiger partial charge >= 0.3 is 0 Å². The summed E-state index contributed by atoms with van der Waals surface area (Å²) in [5.74, 6) is 1.61. The van der Waals surface area contributed by atoms with Crippen LogP contribution in [0.15, 0.2) is 22.7 Å². The Morgan fingerprint density at radius 2 is 2.32 bits per heavy atom. The minimum absolute atomic E-state index is 0.577. The first-order valence-electron chi connectivity index (χ1n) is 6.97. The number of anilines is 1. The number of nitrogens with zero attached hydrogens (tertiary/aromatic N) is 1. The van der Waals surface area contributed by atoms with Crippen molar-refractivity contribution in [1.29, 1.82) is 0 Å². The Morgan fingerprint density at radius 1 is 1.53 bits per heavy atom. The van der Waals surface area contributed by atoms with Gasteiger partial charge in [0.1, 0.15) is 5.75 Å². The quantitative estimate of drug-likeness (QED) is 0.918. The zero-order valence-electron chi connectivity index (χ0n) is 11.9. The summed E-state index contributed by atoms with van der Waals surface area (Å²) in [7, 11) is 1.71. The van der Waals surface area contributed by atoms with Gasteiger partial charge in [-0.05, 0) is 34.0 Å². The molecule has 1 fully saturated rings. The van der Waals surface area contributed by atoms with Gasteiger partial charge in [-0.1, -0.05) is 20.3 Å². The molecule has 0 radical (unpaired) electrons. The highest BCUT2D eigenvalue weighted by molar-refractivity contribution is 9.10. The number of ether oxygens (including phenoxy) is 1. The molecule has 19 heavy (non-hydrogen) atoms. The highest BCUT2D eigenvalue weighted by Crippen LogP contribution is 2.30. The van der Waals surface area contributed by atoms with Crippen LogP contribution in [0.2, 0.25) is 0 Å². The molecule has 2 rings (SSSR count). The van der Waals surface area contributed by atoms with Crippen LogP contribution in [0.25, 0.3) is 0 Å². The summed E-state index contributed by atoms with van der Waals surface area (Å²) in [5.41, 5.74) is 1.25. The van der Waals surface area contributed by atoms with Gasteiger partial charge in [0.05, 0.1) is 11.6 Å². The standard InChI is InChI=1S/C15H23BrN2O/c1-4-11(2)14-10-18(8-7-17-14)12-5-6-13(16)15(9-12)19-3/h5-6,9,11,14,17H,4,7-8,10H2,1-3H3. The van der Waals surface area contributed by atoms with E-state index in [1.165, 1.54) is 12.1 Å². The average Bonchev–Trinajstić information content (AvgIpc) is 2.47. The summed E-state index contributed by atoms with van der Waals surface area (Å²) in [6.07, 6.45) is 1.22. The van der Waals surface area contributed by atoms with Crippen molar-refractivity contribution in [3.63, 3.8) is 0 Å². The molecule has 0 amide bonds. The molecule has 2 atom stereocenters. The first kappa shape index (κ1) is 14.7. The highest BCUT2D eigenvalue weighted by Gasteiger charge is 2.23. The van der Waals surface area contributed by atoms with Gasteiger partial charge in [0.15, 0.2) is 0 Å². The van der Waals surface area contributed by atoms with E-state index in [4.69, 9.17) is 4.74 Å². The van der Waals surface area contributed by atoms with Gasteiger partial charge in [0.2, 0.25) is 0 Å². The molecule has 0 aliphatic carbocycles. The van der Waals surface area contributed by atoms with Crippen LogP contribution in [-0.2, 0) is 0 Å². The van der Waals surface area contributed by atoms with Gasteiger partial charge in [0, 0.05) is 37.4 Å². The summed E-state index contributed by atoms with van der Waals surface area (Å²) in [4.78, 5) is 2.45. The van der Waals surface area contributed by atoms with E-state index in [2.05, 4.69) is 58.2 Å². The monoisotopic (exact) mass is 326 g/mol. The van der Waals surface area contributed by atoms with Crippen LogP contribution < -0.4 is 15.0 Å². The van der Waals surface area contributed by atoms with E-state index in [1.807, 2.05) is 0 Å². The van der Waals surface area contributed by atoms with Crippen LogP contribution in [0.3, 0.4) is 0 Å². The third kappa shape index (κ3) is 3.42. The smallest absolute Gasteiger partial charge is 0.135 e. The van der Waals surface area contributed by atoms with E-state index in [0.29, 0.717) is 12.0 Å². The Labute approximate surface area is 124 Å². The van der Waals surface area contributed by atoms with Crippen molar-refractivity contribution in [2.75, 3.05) is 31.6 Å². The third-order valence-electron chi connectivity index (χ3n) is 4.04. The van der Waals surface area contributed by atoms with E-state index in [1.54, 1.807) is 7.11 Å². The Hall–Kier alpha value is -0.740. The molecule has 0 spiro atoms. The zero-order chi connectivity index (χ0) is 13.8. The van der Waals surface area contributed by atoms with Crippen molar-refractivity contribution in [3.8, 4) is 5.75 Å². The van der Waals surface area contributed by atoms with Gasteiger partial charge < -0.3 is 15.0 Å². The summed E-state index contributed by atoms with van der Waals surface area (Å²) < 4.78 is 6.39. The predicted octanol–water partition coefficient (Wildman–Crippen LogP) is 3.28. The van der Waals surface area contributed by atoms with E-state index < -0.39 is 0 Å². The summed E-state index contributed by atoms with van der Waals surface area (Å²) >= 11 is 3.51. The second-order valence-corrected chi connectivity index (χ2v) is 6.07. The summed E-state index contributed by atoms with van der Waals surface area (Å²) in [6, 6.07) is 6.91. The van der Waals surface area contributed by atoms with Crippen LogP contribution in [0, 0.1) is 5.92 Å². The van der Waals surface area contributed by atoms with Gasteiger partial charge in [-0.25, -0.2) is 0 Å². The maximum Gasteiger partial charge on any atom is 0.135 e. The lowest BCUT2D eigenvalue weighted by molar-refractivity contribution is 0.341. The average molecular weight is 327 g/mol. The summed E-state index contributed by atoms with van der Waals surface area (Å²) in [5, 5.41) is 3.63. The lowest BCUT2D eigenvalue weighted by Gasteiger charge is -2.38. The molecule has 0 bridgehead atoms. The number of rotatable bonds is 4. The van der Waals surface area contributed by atoms with Crippen molar-refractivity contribution < 1.29 is 4.74 Å². The molecule has 1 heterocycles. The van der Waals surface area contributed by atoms with E-state index in [-0.39, 0.29) is 0 Å². The normalized spacial score (nSPS) is 21.3. The van der Waals surface area contributed by atoms with Crippen LogP contribution in [0.1, 0.15) is 20.3 Å². The topological polar surface area (TPSA) is 24.5 Å². The SMILES string of the molecule is CCC(C)C1CN(c2ccc(Br)c(OC)c2)CCN1. The van der Waals surface area contributed by atoms with Crippen molar-refractivity contribution in [3.05, 3.63) is 22.7 Å². The number of hydrogen-bond donors (Lipinski definition) is 1. The summed E-state index contributed by atoms with van der Waals surface area (Å²) in [6.45, 7) is 7.75. The van der Waals surface area contributed by atoms with Crippen LogP contribution in [0.4, 0.5) is 5.69 Å². The van der Waals surface area contributed by atoms with E-state index in [9.17, 15) is 0 Å². The van der Waals surface area contributed by atoms with Crippen LogP contribution in [0.5, 0.6) is 5.75 Å². The number of nitrogens with one attached hydrogen (secondary N) is 1. The van der Waals surface area contributed by atoms with Crippen molar-refractivity contribution in [1.82, 2.24) is 5.32 Å². The lowest BCUT2D eigenvalue weighted by atomic mass is 9.97. The maximum atomic E-state index is 5.38. The fourth-order valence-corrected chi connectivity index (χ4v) is 2.93. The predicted molar refractivity (Wildman–Crippen MR) is 84.2 cm³/mol. The second-order valence-electron chi connectivity index (χ2n) is 5.21. The van der Waals surface area contributed by atoms with Crippen molar-refractivity contribution >= 4 is 21.6 Å².